The second-order valence-electron chi connectivity index (χ2n) is 7.08. The average Bonchev–Trinajstić information content (AvgIpc) is 3.24. The molecular formula is C20H26N2O4S2. The number of amides is 1. The summed E-state index contributed by atoms with van der Waals surface area (Å²) < 4.78 is 32.9. The summed E-state index contributed by atoms with van der Waals surface area (Å²) in [5.41, 5.74) is 0.432. The van der Waals surface area contributed by atoms with Crippen LogP contribution in [0.15, 0.2) is 46.0 Å². The van der Waals surface area contributed by atoms with Crippen LogP contribution in [0.25, 0.3) is 0 Å². The lowest BCUT2D eigenvalue weighted by molar-refractivity contribution is -0.120. The molecule has 0 bridgehead atoms. The summed E-state index contributed by atoms with van der Waals surface area (Å²) in [5, 5.41) is 4.75. The summed E-state index contributed by atoms with van der Waals surface area (Å²) in [6.45, 7) is 1.88. The zero-order chi connectivity index (χ0) is 20.1. The first-order valence-electron chi connectivity index (χ1n) is 9.41. The third-order valence-electron chi connectivity index (χ3n) is 5.14. The number of ether oxygens (including phenoxy) is 1. The van der Waals surface area contributed by atoms with Crippen LogP contribution in [0.4, 0.5) is 5.69 Å². The van der Waals surface area contributed by atoms with E-state index < -0.39 is 10.0 Å². The standard InChI is InChI=1S/C20H26N2O4S2/c1-15-6-3-4-7-18(15)21-19(23)14-22(16-9-11-17(26-2)12-10-16)28(24,25)20-8-5-13-27-20/h5,8-13,15,18H,3-4,6-7,14H2,1-2H3,(H,21,23)/t15-,18+/m0/s1. The number of sulfonamides is 1. The highest BCUT2D eigenvalue weighted by Crippen LogP contribution is 2.28. The van der Waals surface area contributed by atoms with Gasteiger partial charge >= 0.3 is 0 Å². The maximum atomic E-state index is 13.2. The van der Waals surface area contributed by atoms with Crippen molar-refractivity contribution in [2.75, 3.05) is 18.0 Å². The number of nitrogens with zero attached hydrogens (tertiary/aromatic N) is 1. The van der Waals surface area contributed by atoms with E-state index in [2.05, 4.69) is 12.2 Å². The van der Waals surface area contributed by atoms with Crippen LogP contribution in [0.1, 0.15) is 32.6 Å². The molecule has 2 atom stereocenters. The molecule has 2 aromatic rings. The fraction of sp³-hybridized carbons (Fsp3) is 0.450. The molecule has 6 nitrogen and oxygen atoms in total. The van der Waals surface area contributed by atoms with E-state index in [9.17, 15) is 13.2 Å². The van der Waals surface area contributed by atoms with Crippen LogP contribution < -0.4 is 14.4 Å². The zero-order valence-corrected chi connectivity index (χ0v) is 17.8. The first-order valence-corrected chi connectivity index (χ1v) is 11.7. The largest absolute Gasteiger partial charge is 0.497 e. The first kappa shape index (κ1) is 20.7. The van der Waals surface area contributed by atoms with Gasteiger partial charge in [0.05, 0.1) is 12.8 Å². The van der Waals surface area contributed by atoms with Gasteiger partial charge in [0, 0.05) is 6.04 Å². The molecule has 0 saturated heterocycles. The van der Waals surface area contributed by atoms with Gasteiger partial charge in [0.15, 0.2) is 0 Å². The van der Waals surface area contributed by atoms with E-state index in [1.165, 1.54) is 10.7 Å². The minimum absolute atomic E-state index is 0.100. The third-order valence-corrected chi connectivity index (χ3v) is 8.29. The van der Waals surface area contributed by atoms with Crippen molar-refractivity contribution in [3.05, 3.63) is 41.8 Å². The summed E-state index contributed by atoms with van der Waals surface area (Å²) >= 11 is 1.14. The molecule has 0 spiro atoms. The number of carbonyl (C=O) groups is 1. The number of methoxy groups -OCH3 is 1. The van der Waals surface area contributed by atoms with Gasteiger partial charge in [-0.1, -0.05) is 25.8 Å². The topological polar surface area (TPSA) is 75.7 Å². The van der Waals surface area contributed by atoms with Crippen molar-refractivity contribution in [1.29, 1.82) is 0 Å². The van der Waals surface area contributed by atoms with E-state index in [0.717, 1.165) is 30.6 Å². The van der Waals surface area contributed by atoms with Crippen molar-refractivity contribution in [2.24, 2.45) is 5.92 Å². The maximum absolute atomic E-state index is 13.2. The minimum atomic E-state index is -3.83. The Bertz CT molecular complexity index is 879. The van der Waals surface area contributed by atoms with Crippen molar-refractivity contribution in [2.45, 2.75) is 42.9 Å². The molecule has 0 aliphatic heterocycles. The van der Waals surface area contributed by atoms with Crippen molar-refractivity contribution in [1.82, 2.24) is 5.32 Å². The van der Waals surface area contributed by atoms with E-state index in [4.69, 9.17) is 4.74 Å². The molecule has 1 saturated carbocycles. The fourth-order valence-corrected chi connectivity index (χ4v) is 6.02. The predicted octanol–water partition coefficient (Wildman–Crippen LogP) is 3.65. The molecule has 1 aromatic heterocycles. The SMILES string of the molecule is COc1ccc(N(CC(=O)N[C@@H]2CCCC[C@@H]2C)S(=O)(=O)c2cccs2)cc1. The van der Waals surface area contributed by atoms with Gasteiger partial charge in [0.25, 0.3) is 10.0 Å². The number of hydrogen-bond acceptors (Lipinski definition) is 5. The number of anilines is 1. The van der Waals surface area contributed by atoms with E-state index in [1.807, 2.05) is 0 Å². The molecule has 0 radical (unpaired) electrons. The van der Waals surface area contributed by atoms with E-state index in [0.29, 0.717) is 17.4 Å². The van der Waals surface area contributed by atoms with Crippen molar-refractivity contribution < 1.29 is 17.9 Å². The van der Waals surface area contributed by atoms with Crippen LogP contribution in [0.2, 0.25) is 0 Å². The van der Waals surface area contributed by atoms with Gasteiger partial charge in [-0.15, -0.1) is 11.3 Å². The van der Waals surface area contributed by atoms with Crippen LogP contribution in [0.5, 0.6) is 5.75 Å². The summed E-state index contributed by atoms with van der Waals surface area (Å²) in [6, 6.07) is 10.0. The number of nitrogens with one attached hydrogen (secondary N) is 1. The lowest BCUT2D eigenvalue weighted by atomic mass is 9.86. The van der Waals surface area contributed by atoms with E-state index in [1.54, 1.807) is 48.9 Å². The molecule has 1 aromatic carbocycles. The Morgan fingerprint density at radius 1 is 1.21 bits per heavy atom. The molecular weight excluding hydrogens is 396 g/mol. The number of carbonyl (C=O) groups excluding carboxylic acids is 1. The molecule has 1 aliphatic rings. The van der Waals surface area contributed by atoms with E-state index in [-0.39, 0.29) is 22.7 Å². The molecule has 28 heavy (non-hydrogen) atoms. The Hall–Kier alpha value is -2.06. The molecule has 152 valence electrons. The van der Waals surface area contributed by atoms with Crippen LogP contribution >= 0.6 is 11.3 Å². The summed E-state index contributed by atoms with van der Waals surface area (Å²) in [7, 11) is -2.28. The zero-order valence-electron chi connectivity index (χ0n) is 16.1. The quantitative estimate of drug-likeness (QED) is 0.739. The van der Waals surface area contributed by atoms with Gasteiger partial charge in [-0.25, -0.2) is 8.42 Å². The van der Waals surface area contributed by atoms with Gasteiger partial charge in [0.2, 0.25) is 5.91 Å². The molecule has 1 amide bonds. The highest BCUT2D eigenvalue weighted by atomic mass is 32.2. The Morgan fingerprint density at radius 3 is 2.54 bits per heavy atom. The summed E-state index contributed by atoms with van der Waals surface area (Å²) in [5.74, 6) is 0.744. The first-order chi connectivity index (χ1) is 13.4. The molecule has 1 fully saturated rings. The molecule has 8 heteroatoms. The van der Waals surface area contributed by atoms with Gasteiger partial charge in [0.1, 0.15) is 16.5 Å². The van der Waals surface area contributed by atoms with Gasteiger partial charge in [-0.05, 0) is 54.5 Å². The Kier molecular flexibility index (Phi) is 6.61. The third kappa shape index (κ3) is 4.67. The number of hydrogen-bond donors (Lipinski definition) is 1. The average molecular weight is 423 g/mol. The molecule has 1 heterocycles. The smallest absolute Gasteiger partial charge is 0.274 e. The van der Waals surface area contributed by atoms with Crippen LogP contribution in [-0.2, 0) is 14.8 Å². The predicted molar refractivity (Wildman–Crippen MR) is 111 cm³/mol. The monoisotopic (exact) mass is 422 g/mol. The van der Waals surface area contributed by atoms with Gasteiger partial charge < -0.3 is 10.1 Å². The minimum Gasteiger partial charge on any atom is -0.497 e. The normalized spacial score (nSPS) is 19.8. The van der Waals surface area contributed by atoms with Gasteiger partial charge in [-0.3, -0.25) is 9.10 Å². The Labute approximate surface area is 170 Å². The van der Waals surface area contributed by atoms with Crippen LogP contribution in [-0.4, -0.2) is 34.0 Å². The van der Waals surface area contributed by atoms with Crippen molar-refractivity contribution >= 4 is 33.0 Å². The Morgan fingerprint density at radius 2 is 1.93 bits per heavy atom. The molecule has 0 unspecified atom stereocenters. The lowest BCUT2D eigenvalue weighted by Gasteiger charge is -2.31. The Balaban J connectivity index is 1.84. The highest BCUT2D eigenvalue weighted by Gasteiger charge is 2.30. The highest BCUT2D eigenvalue weighted by molar-refractivity contribution is 7.94. The van der Waals surface area contributed by atoms with Gasteiger partial charge in [-0.2, -0.15) is 0 Å². The summed E-state index contributed by atoms with van der Waals surface area (Å²) in [6.07, 6.45) is 4.29. The fourth-order valence-electron chi connectivity index (χ4n) is 3.50. The van der Waals surface area contributed by atoms with Crippen molar-refractivity contribution in [3.8, 4) is 5.75 Å². The molecule has 1 aliphatic carbocycles. The summed E-state index contributed by atoms with van der Waals surface area (Å²) in [4.78, 5) is 12.7. The molecule has 3 rings (SSSR count). The van der Waals surface area contributed by atoms with Crippen molar-refractivity contribution in [3.63, 3.8) is 0 Å². The number of thiophene rings is 1. The molecule has 1 N–H and O–H groups in total. The maximum Gasteiger partial charge on any atom is 0.274 e. The van der Waals surface area contributed by atoms with Crippen LogP contribution in [0, 0.1) is 5.92 Å². The lowest BCUT2D eigenvalue weighted by Crippen LogP contribution is -2.47. The second-order valence-corrected chi connectivity index (χ2v) is 10.1. The van der Waals surface area contributed by atoms with E-state index >= 15 is 0 Å². The second kappa shape index (κ2) is 8.96. The number of benzene rings is 1. The van der Waals surface area contributed by atoms with Crippen LogP contribution in [0.3, 0.4) is 0 Å². The number of rotatable bonds is 7.